The highest BCUT2D eigenvalue weighted by molar-refractivity contribution is 6.35. The second-order valence-corrected chi connectivity index (χ2v) is 7.01. The van der Waals surface area contributed by atoms with Gasteiger partial charge in [0.1, 0.15) is 5.75 Å². The van der Waals surface area contributed by atoms with Crippen LogP contribution < -0.4 is 15.4 Å². The van der Waals surface area contributed by atoms with Crippen LogP contribution in [0.2, 0.25) is 0 Å². The Kier molecular flexibility index (Phi) is 6.82. The quantitative estimate of drug-likeness (QED) is 0.681. The number of benzene rings is 1. The van der Waals surface area contributed by atoms with Crippen LogP contribution in [0.1, 0.15) is 44.6 Å². The molecule has 0 saturated heterocycles. The molecule has 2 rings (SSSR count). The Labute approximate surface area is 149 Å². The van der Waals surface area contributed by atoms with Crippen LogP contribution in [0.3, 0.4) is 0 Å². The smallest absolute Gasteiger partial charge is 0.309 e. The monoisotopic (exact) mass is 348 g/mol. The molecule has 6 heteroatoms. The highest BCUT2D eigenvalue weighted by Gasteiger charge is 2.25. The van der Waals surface area contributed by atoms with Gasteiger partial charge in [0.15, 0.2) is 0 Å². The molecule has 1 aromatic rings. The zero-order chi connectivity index (χ0) is 18.3. The fourth-order valence-electron chi connectivity index (χ4n) is 3.09. The van der Waals surface area contributed by atoms with Gasteiger partial charge in [0.05, 0.1) is 12.7 Å². The number of aliphatic hydroxyl groups is 1. The van der Waals surface area contributed by atoms with Crippen LogP contribution in [0.15, 0.2) is 24.3 Å². The molecule has 1 aliphatic carbocycles. The first-order chi connectivity index (χ1) is 11.9. The Hall–Kier alpha value is -2.08. The van der Waals surface area contributed by atoms with Crippen molar-refractivity contribution in [2.45, 2.75) is 57.1 Å². The summed E-state index contributed by atoms with van der Waals surface area (Å²) >= 11 is 0. The third-order valence-electron chi connectivity index (χ3n) is 4.52. The maximum atomic E-state index is 11.9. The lowest BCUT2D eigenvalue weighted by atomic mass is 9.95. The third kappa shape index (κ3) is 6.38. The fourth-order valence-corrected chi connectivity index (χ4v) is 3.09. The number of hydrogen-bond donors (Lipinski definition) is 3. The summed E-state index contributed by atoms with van der Waals surface area (Å²) in [6, 6.07) is 7.46. The van der Waals surface area contributed by atoms with Gasteiger partial charge >= 0.3 is 11.8 Å². The molecule has 1 aliphatic rings. The molecule has 6 nitrogen and oxygen atoms in total. The van der Waals surface area contributed by atoms with E-state index < -0.39 is 17.4 Å². The van der Waals surface area contributed by atoms with E-state index in [4.69, 9.17) is 4.74 Å². The Morgan fingerprint density at radius 2 is 1.80 bits per heavy atom. The molecule has 1 unspecified atom stereocenters. The molecule has 0 aliphatic heterocycles. The Bertz CT molecular complexity index is 578. The maximum Gasteiger partial charge on any atom is 0.309 e. The topological polar surface area (TPSA) is 87.7 Å². The Morgan fingerprint density at radius 1 is 1.16 bits per heavy atom. The summed E-state index contributed by atoms with van der Waals surface area (Å²) in [6.07, 6.45) is 5.57. The number of hydrogen-bond acceptors (Lipinski definition) is 4. The van der Waals surface area contributed by atoms with E-state index >= 15 is 0 Å². The van der Waals surface area contributed by atoms with Crippen LogP contribution in [0, 0.1) is 0 Å². The van der Waals surface area contributed by atoms with Crippen molar-refractivity contribution in [3.63, 3.8) is 0 Å². The summed E-state index contributed by atoms with van der Waals surface area (Å²) in [4.78, 5) is 23.9. The maximum absolute atomic E-state index is 11.9. The summed E-state index contributed by atoms with van der Waals surface area (Å²) in [5, 5.41) is 15.8. The van der Waals surface area contributed by atoms with Crippen molar-refractivity contribution in [2.75, 3.05) is 13.7 Å². The van der Waals surface area contributed by atoms with Gasteiger partial charge in [-0.25, -0.2) is 0 Å². The van der Waals surface area contributed by atoms with Gasteiger partial charge in [-0.2, -0.15) is 0 Å². The number of carbonyl (C=O) groups is 2. The van der Waals surface area contributed by atoms with Gasteiger partial charge < -0.3 is 20.5 Å². The van der Waals surface area contributed by atoms with Crippen LogP contribution in [0.25, 0.3) is 0 Å². The van der Waals surface area contributed by atoms with Gasteiger partial charge in [0, 0.05) is 19.0 Å². The lowest BCUT2D eigenvalue weighted by Gasteiger charge is -2.25. The van der Waals surface area contributed by atoms with Crippen molar-refractivity contribution < 1.29 is 19.4 Å². The minimum Gasteiger partial charge on any atom is -0.497 e. The first-order valence-electron chi connectivity index (χ1n) is 8.83. The molecule has 2 amide bonds. The largest absolute Gasteiger partial charge is 0.497 e. The molecule has 1 fully saturated rings. The fraction of sp³-hybridized carbons (Fsp3) is 0.579. The number of nitrogens with one attached hydrogen (secondary N) is 2. The van der Waals surface area contributed by atoms with E-state index in [1.54, 1.807) is 14.0 Å². The lowest BCUT2D eigenvalue weighted by Crippen LogP contribution is -2.49. The molecule has 0 heterocycles. The summed E-state index contributed by atoms with van der Waals surface area (Å²) < 4.78 is 5.10. The van der Waals surface area contributed by atoms with Gasteiger partial charge in [0.25, 0.3) is 0 Å². The summed E-state index contributed by atoms with van der Waals surface area (Å²) in [6.45, 7) is 1.65. The standard InChI is InChI=1S/C19H28N2O4/c1-19(24,12-14-8-10-16(25-2)11-9-14)13-20-17(22)18(23)21-15-6-4-3-5-7-15/h8-11,15,24H,3-7,12-13H2,1-2H3,(H,20,22)(H,21,23). The van der Waals surface area contributed by atoms with Crippen molar-refractivity contribution in [1.82, 2.24) is 10.6 Å². The molecule has 138 valence electrons. The number of amides is 2. The first kappa shape index (κ1) is 19.2. The second-order valence-electron chi connectivity index (χ2n) is 7.01. The van der Waals surface area contributed by atoms with Gasteiger partial charge in [0.2, 0.25) is 0 Å². The molecule has 3 N–H and O–H groups in total. The number of carbonyl (C=O) groups excluding carboxylic acids is 2. The number of ether oxygens (including phenoxy) is 1. The zero-order valence-electron chi connectivity index (χ0n) is 15.0. The molecule has 0 radical (unpaired) electrons. The summed E-state index contributed by atoms with van der Waals surface area (Å²) in [5.74, 6) is -0.566. The molecule has 0 aromatic heterocycles. The molecule has 1 saturated carbocycles. The molecule has 0 spiro atoms. The lowest BCUT2D eigenvalue weighted by molar-refractivity contribution is -0.140. The normalized spacial score (nSPS) is 17.4. The van der Waals surface area contributed by atoms with Crippen molar-refractivity contribution >= 4 is 11.8 Å². The molecular weight excluding hydrogens is 320 g/mol. The van der Waals surface area contributed by atoms with Gasteiger partial charge in [-0.15, -0.1) is 0 Å². The highest BCUT2D eigenvalue weighted by atomic mass is 16.5. The SMILES string of the molecule is COc1ccc(CC(C)(O)CNC(=O)C(=O)NC2CCCCC2)cc1. The van der Waals surface area contributed by atoms with Crippen LogP contribution in [0.4, 0.5) is 0 Å². The highest BCUT2D eigenvalue weighted by Crippen LogP contribution is 2.18. The molecule has 1 aromatic carbocycles. The van der Waals surface area contributed by atoms with E-state index in [0.29, 0.717) is 6.42 Å². The van der Waals surface area contributed by atoms with Crippen LogP contribution in [-0.2, 0) is 16.0 Å². The van der Waals surface area contributed by atoms with Crippen LogP contribution in [0.5, 0.6) is 5.75 Å². The summed E-state index contributed by atoms with van der Waals surface area (Å²) in [5.41, 5.74) is -0.221. The molecule has 0 bridgehead atoms. The van der Waals surface area contributed by atoms with Crippen LogP contribution >= 0.6 is 0 Å². The number of methoxy groups -OCH3 is 1. The van der Waals surface area contributed by atoms with E-state index in [-0.39, 0.29) is 12.6 Å². The van der Waals surface area contributed by atoms with Gasteiger partial charge in [-0.1, -0.05) is 31.4 Å². The zero-order valence-corrected chi connectivity index (χ0v) is 15.0. The average molecular weight is 348 g/mol. The van der Waals surface area contributed by atoms with Crippen molar-refractivity contribution in [3.05, 3.63) is 29.8 Å². The third-order valence-corrected chi connectivity index (χ3v) is 4.52. The van der Waals surface area contributed by atoms with E-state index in [1.165, 1.54) is 6.42 Å². The molecule has 25 heavy (non-hydrogen) atoms. The van der Waals surface area contributed by atoms with Gasteiger partial charge in [-0.05, 0) is 37.5 Å². The predicted octanol–water partition coefficient (Wildman–Crippen LogP) is 1.55. The Morgan fingerprint density at radius 3 is 2.40 bits per heavy atom. The van der Waals surface area contributed by atoms with Crippen LogP contribution in [-0.4, -0.2) is 42.2 Å². The second kappa shape index (κ2) is 8.85. The van der Waals surface area contributed by atoms with E-state index in [9.17, 15) is 14.7 Å². The first-order valence-corrected chi connectivity index (χ1v) is 8.83. The summed E-state index contributed by atoms with van der Waals surface area (Å²) in [7, 11) is 1.60. The average Bonchev–Trinajstić information content (AvgIpc) is 2.61. The van der Waals surface area contributed by atoms with Crippen molar-refractivity contribution in [3.8, 4) is 5.75 Å². The van der Waals surface area contributed by atoms with E-state index in [1.807, 2.05) is 24.3 Å². The predicted molar refractivity (Wildman–Crippen MR) is 95.3 cm³/mol. The van der Waals surface area contributed by atoms with E-state index in [2.05, 4.69) is 10.6 Å². The van der Waals surface area contributed by atoms with Crippen molar-refractivity contribution in [2.24, 2.45) is 0 Å². The minimum atomic E-state index is -1.14. The van der Waals surface area contributed by atoms with E-state index in [0.717, 1.165) is 37.0 Å². The van der Waals surface area contributed by atoms with Gasteiger partial charge in [-0.3, -0.25) is 9.59 Å². The minimum absolute atomic E-state index is 0.00987. The molecular formula is C19H28N2O4. The number of rotatable bonds is 6. The molecule has 1 atom stereocenters. The van der Waals surface area contributed by atoms with Crippen molar-refractivity contribution in [1.29, 1.82) is 0 Å². The Balaban J connectivity index is 1.78.